The van der Waals surface area contributed by atoms with Crippen LogP contribution in [0, 0.1) is 5.41 Å². The van der Waals surface area contributed by atoms with Crippen LogP contribution in [0.15, 0.2) is 24.3 Å². The largest absolute Gasteiger partial charge is 0.509 e. The standard InChI is InChI=1S/C36H56N4O10/c1-33(2,3)48-30(42)39-22-36(23-39)15-17-38(21-36)18-16-37-29(41)47-28-26(19-24-11-13-25(45-10)14-12-24)40(31(43)49-34(4,5)6)20-27(28)46-32(44)50-35(7,8)9/h11-14,26-28H,15-23H2,1-10H3,(H,37,41)/t26-,27+,28+/m1/s1. The van der Waals surface area contributed by atoms with Gasteiger partial charge >= 0.3 is 24.4 Å². The molecular formula is C36H56N4O10. The lowest BCUT2D eigenvalue weighted by Gasteiger charge is -2.47. The Balaban J connectivity index is 1.41. The van der Waals surface area contributed by atoms with E-state index >= 15 is 0 Å². The quantitative estimate of drug-likeness (QED) is 0.281. The van der Waals surface area contributed by atoms with E-state index in [-0.39, 0.29) is 24.5 Å². The van der Waals surface area contributed by atoms with Gasteiger partial charge in [-0.25, -0.2) is 19.2 Å². The van der Waals surface area contributed by atoms with E-state index in [0.717, 1.165) is 25.1 Å². The lowest BCUT2D eigenvalue weighted by molar-refractivity contribution is -0.0518. The highest BCUT2D eigenvalue weighted by atomic mass is 16.7. The molecule has 3 saturated heterocycles. The van der Waals surface area contributed by atoms with Crippen LogP contribution in [0.4, 0.5) is 19.2 Å². The van der Waals surface area contributed by atoms with E-state index in [1.165, 1.54) is 4.90 Å². The molecule has 50 heavy (non-hydrogen) atoms. The minimum absolute atomic E-state index is 0.0350. The summed E-state index contributed by atoms with van der Waals surface area (Å²) in [6.45, 7) is 19.8. The molecule has 3 fully saturated rings. The summed E-state index contributed by atoms with van der Waals surface area (Å²) in [5.41, 5.74) is -1.26. The second-order valence-corrected chi connectivity index (χ2v) is 16.5. The monoisotopic (exact) mass is 704 g/mol. The minimum atomic E-state index is -1.03. The summed E-state index contributed by atoms with van der Waals surface area (Å²) in [7, 11) is 1.58. The van der Waals surface area contributed by atoms with Crippen LogP contribution in [0.2, 0.25) is 0 Å². The van der Waals surface area contributed by atoms with Gasteiger partial charge in [-0.1, -0.05) is 12.1 Å². The van der Waals surface area contributed by atoms with Gasteiger partial charge in [-0.3, -0.25) is 4.90 Å². The third-order valence-electron chi connectivity index (χ3n) is 8.55. The molecule has 14 nitrogen and oxygen atoms in total. The number of hydrogen-bond donors (Lipinski definition) is 1. The molecule has 3 amide bonds. The van der Waals surface area contributed by atoms with Crippen LogP contribution < -0.4 is 10.1 Å². The molecule has 0 aromatic heterocycles. The number of amides is 3. The first-order valence-electron chi connectivity index (χ1n) is 17.3. The van der Waals surface area contributed by atoms with Crippen molar-refractivity contribution in [2.75, 3.05) is 52.9 Å². The van der Waals surface area contributed by atoms with Crippen LogP contribution in [0.3, 0.4) is 0 Å². The molecule has 0 aliphatic carbocycles. The van der Waals surface area contributed by atoms with Crippen molar-refractivity contribution in [1.82, 2.24) is 20.0 Å². The molecule has 3 atom stereocenters. The lowest BCUT2D eigenvalue weighted by Crippen LogP contribution is -2.60. The van der Waals surface area contributed by atoms with Crippen molar-refractivity contribution in [1.29, 1.82) is 0 Å². The highest BCUT2D eigenvalue weighted by molar-refractivity contribution is 5.71. The zero-order chi connectivity index (χ0) is 37.1. The SMILES string of the molecule is COc1ccc(C[C@@H]2[C@H](OC(=O)NCCN3CCC4(C3)CN(C(=O)OC(C)(C)C)C4)[C@@H](OC(=O)OC(C)(C)C)CN2C(=O)OC(C)(C)C)cc1. The normalized spacial score (nSPS) is 22.1. The molecule has 14 heteroatoms. The third-order valence-corrected chi connectivity index (χ3v) is 8.55. The molecular weight excluding hydrogens is 648 g/mol. The summed E-state index contributed by atoms with van der Waals surface area (Å²) in [6, 6.07) is 6.62. The van der Waals surface area contributed by atoms with Crippen molar-refractivity contribution in [3.63, 3.8) is 0 Å². The van der Waals surface area contributed by atoms with Crippen molar-refractivity contribution in [3.05, 3.63) is 29.8 Å². The van der Waals surface area contributed by atoms with Gasteiger partial charge in [0.15, 0.2) is 12.2 Å². The molecule has 3 aliphatic rings. The van der Waals surface area contributed by atoms with Gasteiger partial charge < -0.3 is 43.5 Å². The first kappa shape index (κ1) is 38.9. The van der Waals surface area contributed by atoms with Crippen molar-refractivity contribution >= 4 is 24.4 Å². The van der Waals surface area contributed by atoms with Gasteiger partial charge in [0.25, 0.3) is 0 Å². The van der Waals surface area contributed by atoms with E-state index in [4.69, 9.17) is 28.4 Å². The van der Waals surface area contributed by atoms with Gasteiger partial charge in [0.2, 0.25) is 0 Å². The third kappa shape index (κ3) is 11.0. The average Bonchev–Trinajstić information content (AvgIpc) is 3.52. The van der Waals surface area contributed by atoms with E-state index in [1.807, 2.05) is 32.9 Å². The van der Waals surface area contributed by atoms with Gasteiger partial charge in [-0.05, 0) is 99.4 Å². The number of carbonyl (C=O) groups excluding carboxylic acids is 4. The number of ether oxygens (including phenoxy) is 6. The molecule has 1 spiro atoms. The molecule has 0 bridgehead atoms. The van der Waals surface area contributed by atoms with Crippen LogP contribution >= 0.6 is 0 Å². The predicted molar refractivity (Wildman–Crippen MR) is 184 cm³/mol. The summed E-state index contributed by atoms with van der Waals surface area (Å²) in [4.78, 5) is 57.5. The van der Waals surface area contributed by atoms with Gasteiger partial charge in [0.1, 0.15) is 22.6 Å². The molecule has 280 valence electrons. The number of likely N-dealkylation sites (tertiary alicyclic amines) is 3. The maximum atomic E-state index is 13.5. The molecule has 3 heterocycles. The van der Waals surface area contributed by atoms with E-state index in [2.05, 4.69) is 10.2 Å². The topological polar surface area (TPSA) is 145 Å². The van der Waals surface area contributed by atoms with Crippen LogP contribution in [0.25, 0.3) is 0 Å². The highest BCUT2D eigenvalue weighted by Crippen LogP contribution is 2.40. The van der Waals surface area contributed by atoms with Crippen LogP contribution in [-0.4, -0.2) is 127 Å². The maximum Gasteiger partial charge on any atom is 0.509 e. The highest BCUT2D eigenvalue weighted by Gasteiger charge is 2.51. The summed E-state index contributed by atoms with van der Waals surface area (Å²) in [5, 5.41) is 2.84. The number of benzene rings is 1. The molecule has 1 aromatic rings. The Bertz CT molecular complexity index is 1360. The molecule has 1 aromatic carbocycles. The molecule has 0 saturated carbocycles. The molecule has 3 aliphatic heterocycles. The summed E-state index contributed by atoms with van der Waals surface area (Å²) in [6.07, 6.45) is -3.35. The van der Waals surface area contributed by atoms with Gasteiger partial charge in [-0.2, -0.15) is 0 Å². The van der Waals surface area contributed by atoms with Gasteiger partial charge in [0, 0.05) is 38.1 Å². The number of hydrogen-bond acceptors (Lipinski definition) is 11. The Morgan fingerprint density at radius 2 is 1.42 bits per heavy atom. The lowest BCUT2D eigenvalue weighted by atomic mass is 9.79. The Labute approximate surface area is 296 Å². The summed E-state index contributed by atoms with van der Waals surface area (Å²) < 4.78 is 33.6. The first-order valence-corrected chi connectivity index (χ1v) is 17.3. The first-order chi connectivity index (χ1) is 23.1. The predicted octanol–water partition coefficient (Wildman–Crippen LogP) is 5.21. The Kier molecular flexibility index (Phi) is 11.8. The smallest absolute Gasteiger partial charge is 0.497 e. The van der Waals surface area contributed by atoms with Crippen molar-refractivity contribution in [2.45, 2.75) is 110 Å². The van der Waals surface area contributed by atoms with Crippen molar-refractivity contribution < 1.29 is 47.6 Å². The molecule has 4 rings (SSSR count). The summed E-state index contributed by atoms with van der Waals surface area (Å²) in [5.74, 6) is 0.670. The van der Waals surface area contributed by atoms with E-state index in [1.54, 1.807) is 65.7 Å². The molecule has 1 N–H and O–H groups in total. The number of nitrogens with one attached hydrogen (secondary N) is 1. The zero-order valence-corrected chi connectivity index (χ0v) is 31.3. The average molecular weight is 705 g/mol. The number of nitrogens with zero attached hydrogens (tertiary/aromatic N) is 3. The Hall–Kier alpha value is -3.94. The van der Waals surface area contributed by atoms with Gasteiger partial charge in [-0.15, -0.1) is 0 Å². The van der Waals surface area contributed by atoms with Crippen LogP contribution in [-0.2, 0) is 30.1 Å². The van der Waals surface area contributed by atoms with Crippen molar-refractivity contribution in [3.8, 4) is 5.75 Å². The number of methoxy groups -OCH3 is 1. The minimum Gasteiger partial charge on any atom is -0.497 e. The number of alkyl carbamates (subject to hydrolysis) is 1. The van der Waals surface area contributed by atoms with E-state index in [0.29, 0.717) is 31.9 Å². The van der Waals surface area contributed by atoms with E-state index < -0.39 is 53.4 Å². The number of rotatable bonds is 8. The second-order valence-electron chi connectivity index (χ2n) is 16.5. The van der Waals surface area contributed by atoms with Gasteiger partial charge in [0.05, 0.1) is 19.7 Å². The Morgan fingerprint density at radius 1 is 0.820 bits per heavy atom. The maximum absolute atomic E-state index is 13.5. The fourth-order valence-corrected chi connectivity index (χ4v) is 6.45. The zero-order valence-electron chi connectivity index (χ0n) is 31.3. The molecule has 0 radical (unpaired) electrons. The second kappa shape index (κ2) is 15.1. The van der Waals surface area contributed by atoms with Crippen LogP contribution in [0.1, 0.15) is 74.3 Å². The van der Waals surface area contributed by atoms with Crippen molar-refractivity contribution in [2.24, 2.45) is 5.41 Å². The molecule has 0 unspecified atom stereocenters. The fourth-order valence-electron chi connectivity index (χ4n) is 6.45. The van der Waals surface area contributed by atoms with Crippen LogP contribution in [0.5, 0.6) is 5.75 Å². The van der Waals surface area contributed by atoms with E-state index in [9.17, 15) is 19.2 Å². The number of carbonyl (C=O) groups is 4. The fraction of sp³-hybridized carbons (Fsp3) is 0.722. The summed E-state index contributed by atoms with van der Waals surface area (Å²) >= 11 is 0. The Morgan fingerprint density at radius 3 is 2.00 bits per heavy atom.